The molecule has 5 nitrogen and oxygen atoms in total. The minimum atomic E-state index is -0.584. The Hall–Kier alpha value is -2.24. The predicted octanol–water partition coefficient (Wildman–Crippen LogP) is 3.22. The zero-order valence-corrected chi connectivity index (χ0v) is 15.0. The van der Waals surface area contributed by atoms with E-state index in [1.807, 2.05) is 24.3 Å². The molecule has 0 saturated carbocycles. The van der Waals surface area contributed by atoms with Gasteiger partial charge in [0.25, 0.3) is 0 Å². The highest BCUT2D eigenvalue weighted by Crippen LogP contribution is 2.25. The molecule has 1 heterocycles. The van der Waals surface area contributed by atoms with E-state index in [1.54, 1.807) is 31.3 Å². The smallest absolute Gasteiger partial charge is 0.317 e. The van der Waals surface area contributed by atoms with Gasteiger partial charge < -0.3 is 15.5 Å². The summed E-state index contributed by atoms with van der Waals surface area (Å²) in [5, 5.41) is 6.91. The van der Waals surface area contributed by atoms with Crippen molar-refractivity contribution in [1.82, 2.24) is 15.5 Å². The maximum atomic E-state index is 12.6. The van der Waals surface area contributed by atoms with Gasteiger partial charge in [0, 0.05) is 17.1 Å². The van der Waals surface area contributed by atoms with Gasteiger partial charge in [-0.2, -0.15) is 0 Å². The summed E-state index contributed by atoms with van der Waals surface area (Å²) in [7, 11) is 1.65. The van der Waals surface area contributed by atoms with Crippen LogP contribution < -0.4 is 10.6 Å². The van der Waals surface area contributed by atoms with E-state index >= 15 is 0 Å². The monoisotopic (exact) mass is 377 g/mol. The molecule has 3 rings (SSSR count). The number of carbonyl (C=O) groups excluding carboxylic acids is 2. The van der Waals surface area contributed by atoms with Crippen LogP contribution in [0.15, 0.2) is 48.5 Å². The quantitative estimate of drug-likeness (QED) is 0.858. The van der Waals surface area contributed by atoms with E-state index in [2.05, 4.69) is 10.6 Å². The molecule has 130 valence electrons. The number of hydrogen-bond donors (Lipinski definition) is 2. The molecule has 1 aliphatic heterocycles. The predicted molar refractivity (Wildman–Crippen MR) is 97.8 cm³/mol. The number of amides is 3. The highest BCUT2D eigenvalue weighted by atomic mass is 35.5. The molecule has 1 saturated heterocycles. The van der Waals surface area contributed by atoms with Gasteiger partial charge in [-0.1, -0.05) is 47.5 Å². The minimum Gasteiger partial charge on any atom is -0.343 e. The van der Waals surface area contributed by atoms with Crippen LogP contribution in [0.4, 0.5) is 4.79 Å². The van der Waals surface area contributed by atoms with Crippen LogP contribution in [0.1, 0.15) is 17.2 Å². The van der Waals surface area contributed by atoms with Crippen LogP contribution in [0, 0.1) is 0 Å². The number of nitrogens with one attached hydrogen (secondary N) is 2. The lowest BCUT2D eigenvalue weighted by Crippen LogP contribution is -2.44. The number of carbonyl (C=O) groups is 2. The van der Waals surface area contributed by atoms with E-state index in [0.717, 1.165) is 11.1 Å². The first-order valence-corrected chi connectivity index (χ1v) is 8.52. The molecule has 1 fully saturated rings. The highest BCUT2D eigenvalue weighted by molar-refractivity contribution is 6.30. The van der Waals surface area contributed by atoms with Crippen molar-refractivity contribution in [3.05, 3.63) is 69.7 Å². The largest absolute Gasteiger partial charge is 0.343 e. The molecule has 0 aliphatic carbocycles. The summed E-state index contributed by atoms with van der Waals surface area (Å²) in [5.74, 6) is -0.243. The molecule has 7 heteroatoms. The van der Waals surface area contributed by atoms with Gasteiger partial charge in [0.15, 0.2) is 0 Å². The SMILES string of the molecule is CN1C[C@@H](C(=O)NC(c2ccc(Cl)cc2)c2ccc(Cl)cc2)NC1=O. The van der Waals surface area contributed by atoms with E-state index in [1.165, 1.54) is 4.90 Å². The Morgan fingerprint density at radius 1 is 1.08 bits per heavy atom. The third-order valence-corrected chi connectivity index (χ3v) is 4.61. The summed E-state index contributed by atoms with van der Waals surface area (Å²) in [4.78, 5) is 25.7. The first-order chi connectivity index (χ1) is 11.9. The molecule has 0 radical (unpaired) electrons. The zero-order chi connectivity index (χ0) is 18.0. The zero-order valence-electron chi connectivity index (χ0n) is 13.5. The van der Waals surface area contributed by atoms with E-state index in [0.29, 0.717) is 16.6 Å². The Bertz CT molecular complexity index is 732. The van der Waals surface area contributed by atoms with Gasteiger partial charge >= 0.3 is 6.03 Å². The Morgan fingerprint density at radius 2 is 1.56 bits per heavy atom. The fraction of sp³-hybridized carbons (Fsp3) is 0.222. The molecular formula is C18H17Cl2N3O2. The fourth-order valence-electron chi connectivity index (χ4n) is 2.72. The lowest BCUT2D eigenvalue weighted by Gasteiger charge is -2.22. The van der Waals surface area contributed by atoms with Crippen molar-refractivity contribution in [3.63, 3.8) is 0 Å². The van der Waals surface area contributed by atoms with Crippen molar-refractivity contribution in [2.45, 2.75) is 12.1 Å². The molecule has 0 spiro atoms. The van der Waals surface area contributed by atoms with Crippen molar-refractivity contribution in [1.29, 1.82) is 0 Å². The molecule has 1 aliphatic rings. The van der Waals surface area contributed by atoms with Gasteiger partial charge in [-0.3, -0.25) is 4.79 Å². The summed E-state index contributed by atoms with van der Waals surface area (Å²) in [6.07, 6.45) is 0. The second-order valence-corrected chi connectivity index (χ2v) is 6.80. The van der Waals surface area contributed by atoms with E-state index < -0.39 is 6.04 Å². The Morgan fingerprint density at radius 3 is 1.96 bits per heavy atom. The fourth-order valence-corrected chi connectivity index (χ4v) is 2.97. The maximum Gasteiger partial charge on any atom is 0.317 e. The topological polar surface area (TPSA) is 61.4 Å². The normalized spacial score (nSPS) is 16.9. The van der Waals surface area contributed by atoms with Gasteiger partial charge in [0.1, 0.15) is 6.04 Å². The summed E-state index contributed by atoms with van der Waals surface area (Å²) in [6.45, 7) is 0.332. The highest BCUT2D eigenvalue weighted by Gasteiger charge is 2.32. The number of nitrogens with zero attached hydrogens (tertiary/aromatic N) is 1. The average Bonchev–Trinajstić information content (AvgIpc) is 2.94. The molecule has 0 aromatic heterocycles. The third kappa shape index (κ3) is 4.06. The van der Waals surface area contributed by atoms with Crippen molar-refractivity contribution in [2.75, 3.05) is 13.6 Å². The van der Waals surface area contributed by atoms with Crippen molar-refractivity contribution in [3.8, 4) is 0 Å². The molecule has 0 bridgehead atoms. The minimum absolute atomic E-state index is 0.243. The van der Waals surface area contributed by atoms with Crippen LogP contribution in [0.5, 0.6) is 0 Å². The maximum absolute atomic E-state index is 12.6. The van der Waals surface area contributed by atoms with E-state index in [-0.39, 0.29) is 18.0 Å². The summed E-state index contributed by atoms with van der Waals surface area (Å²) < 4.78 is 0. The van der Waals surface area contributed by atoms with Crippen LogP contribution in [0.3, 0.4) is 0 Å². The molecule has 0 unspecified atom stereocenters. The number of benzene rings is 2. The van der Waals surface area contributed by atoms with Crippen LogP contribution in [0.2, 0.25) is 10.0 Å². The van der Waals surface area contributed by atoms with Gasteiger partial charge in [0.05, 0.1) is 12.6 Å². The van der Waals surface area contributed by atoms with Crippen LogP contribution in [-0.4, -0.2) is 36.5 Å². The molecule has 2 aromatic rings. The Balaban J connectivity index is 1.86. The van der Waals surface area contributed by atoms with Crippen LogP contribution in [-0.2, 0) is 4.79 Å². The van der Waals surface area contributed by atoms with E-state index in [4.69, 9.17) is 23.2 Å². The third-order valence-electron chi connectivity index (χ3n) is 4.11. The first-order valence-electron chi connectivity index (χ1n) is 7.77. The van der Waals surface area contributed by atoms with Crippen LogP contribution in [0.25, 0.3) is 0 Å². The molecular weight excluding hydrogens is 361 g/mol. The molecule has 25 heavy (non-hydrogen) atoms. The van der Waals surface area contributed by atoms with Gasteiger partial charge in [-0.25, -0.2) is 4.79 Å². The number of hydrogen-bond acceptors (Lipinski definition) is 2. The lowest BCUT2D eigenvalue weighted by molar-refractivity contribution is -0.123. The second kappa shape index (κ2) is 7.33. The second-order valence-electron chi connectivity index (χ2n) is 5.93. The molecule has 2 aromatic carbocycles. The number of rotatable bonds is 4. The number of halogens is 2. The summed E-state index contributed by atoms with van der Waals surface area (Å²) >= 11 is 11.9. The average molecular weight is 378 g/mol. The van der Waals surface area contributed by atoms with Crippen molar-refractivity contribution in [2.24, 2.45) is 0 Å². The number of urea groups is 1. The first kappa shape index (κ1) is 17.6. The molecule has 2 N–H and O–H groups in total. The van der Waals surface area contributed by atoms with Gasteiger partial charge in [-0.05, 0) is 35.4 Å². The standard InChI is InChI=1S/C18H17Cl2N3O2/c1-23-10-15(21-18(23)25)17(24)22-16(11-2-6-13(19)7-3-11)12-4-8-14(20)9-5-12/h2-9,15-16H,10H2,1H3,(H,21,25)(H,22,24)/t15-/m0/s1. The molecule has 3 amide bonds. The number of likely N-dealkylation sites (N-methyl/N-ethyl adjacent to an activating group) is 1. The molecule has 1 atom stereocenters. The Labute approximate surface area is 155 Å². The van der Waals surface area contributed by atoms with Crippen molar-refractivity contribution < 1.29 is 9.59 Å². The van der Waals surface area contributed by atoms with Gasteiger partial charge in [0.2, 0.25) is 5.91 Å². The Kier molecular flexibility index (Phi) is 5.16. The lowest BCUT2D eigenvalue weighted by atomic mass is 9.98. The van der Waals surface area contributed by atoms with Crippen molar-refractivity contribution >= 4 is 35.1 Å². The van der Waals surface area contributed by atoms with Crippen LogP contribution >= 0.6 is 23.2 Å². The summed E-state index contributed by atoms with van der Waals surface area (Å²) in [6, 6.07) is 13.3. The van der Waals surface area contributed by atoms with E-state index in [9.17, 15) is 9.59 Å². The van der Waals surface area contributed by atoms with Gasteiger partial charge in [-0.15, -0.1) is 0 Å². The summed E-state index contributed by atoms with van der Waals surface area (Å²) in [5.41, 5.74) is 1.77.